The molecule has 2 amide bonds. The molecule has 0 saturated heterocycles. The first-order chi connectivity index (χ1) is 9.56. The highest BCUT2D eigenvalue weighted by molar-refractivity contribution is 6.31. The first-order valence-corrected chi connectivity index (χ1v) is 6.95. The molecule has 0 unspecified atom stereocenters. The summed E-state index contributed by atoms with van der Waals surface area (Å²) in [6.45, 7) is 5.02. The Kier molecular flexibility index (Phi) is 4.49. The van der Waals surface area contributed by atoms with E-state index in [0.717, 1.165) is 0 Å². The van der Waals surface area contributed by atoms with Gasteiger partial charge in [0.05, 0.1) is 5.69 Å². The number of amides is 2. The normalized spacial score (nSPS) is 13.8. The molecule has 20 heavy (non-hydrogen) atoms. The summed E-state index contributed by atoms with van der Waals surface area (Å²) >= 11 is 5.95. The number of benzene rings is 1. The molecule has 5 nitrogen and oxygen atoms in total. The third-order valence-corrected chi connectivity index (χ3v) is 3.51. The lowest BCUT2D eigenvalue weighted by molar-refractivity contribution is -0.131. The maximum atomic E-state index is 12.2. The minimum absolute atomic E-state index is 0.0111. The Bertz CT molecular complexity index is 529. The van der Waals surface area contributed by atoms with Crippen molar-refractivity contribution in [1.82, 2.24) is 4.90 Å². The van der Waals surface area contributed by atoms with E-state index >= 15 is 0 Å². The van der Waals surface area contributed by atoms with E-state index in [0.29, 0.717) is 29.5 Å². The van der Waals surface area contributed by atoms with Crippen LogP contribution in [0.2, 0.25) is 5.02 Å². The topological polar surface area (TPSA) is 49.9 Å². The second-order valence-electron chi connectivity index (χ2n) is 4.45. The molecule has 1 aliphatic rings. The number of hydrogen-bond acceptors (Lipinski definition) is 3. The molecule has 6 heteroatoms. The van der Waals surface area contributed by atoms with E-state index in [1.807, 2.05) is 13.8 Å². The number of halogens is 1. The van der Waals surface area contributed by atoms with Crippen LogP contribution >= 0.6 is 11.6 Å². The number of ether oxygens (including phenoxy) is 1. The lowest BCUT2D eigenvalue weighted by atomic mass is 10.2. The summed E-state index contributed by atoms with van der Waals surface area (Å²) in [6.07, 6.45) is 0. The Labute approximate surface area is 123 Å². The van der Waals surface area contributed by atoms with Crippen LogP contribution in [0.15, 0.2) is 18.2 Å². The quantitative estimate of drug-likeness (QED) is 0.853. The Morgan fingerprint density at radius 2 is 2.10 bits per heavy atom. The van der Waals surface area contributed by atoms with Gasteiger partial charge in [-0.15, -0.1) is 0 Å². The number of fused-ring (bicyclic) bond motifs is 1. The highest BCUT2D eigenvalue weighted by Crippen LogP contribution is 2.34. The SMILES string of the molecule is CCN(CC)C(=O)CN1C(=O)COc2ccc(Cl)cc21. The van der Waals surface area contributed by atoms with Crippen molar-refractivity contribution in [3.05, 3.63) is 23.2 Å². The van der Waals surface area contributed by atoms with Gasteiger partial charge in [0.1, 0.15) is 12.3 Å². The number of anilines is 1. The van der Waals surface area contributed by atoms with E-state index in [1.54, 1.807) is 23.1 Å². The maximum Gasteiger partial charge on any atom is 0.265 e. The lowest BCUT2D eigenvalue weighted by Gasteiger charge is -2.30. The van der Waals surface area contributed by atoms with Gasteiger partial charge in [0, 0.05) is 18.1 Å². The standard InChI is InChI=1S/C14H17ClN2O3/c1-3-16(4-2)13(18)8-17-11-7-10(15)5-6-12(11)20-9-14(17)19/h5-7H,3-4,8-9H2,1-2H3. The Morgan fingerprint density at radius 3 is 2.75 bits per heavy atom. The fraction of sp³-hybridized carbons (Fsp3) is 0.429. The summed E-state index contributed by atoms with van der Waals surface area (Å²) in [7, 11) is 0. The largest absolute Gasteiger partial charge is 0.482 e. The monoisotopic (exact) mass is 296 g/mol. The molecule has 0 aliphatic carbocycles. The van der Waals surface area contributed by atoms with Gasteiger partial charge >= 0.3 is 0 Å². The highest BCUT2D eigenvalue weighted by atomic mass is 35.5. The molecule has 1 aromatic carbocycles. The van der Waals surface area contributed by atoms with E-state index in [9.17, 15) is 9.59 Å². The van der Waals surface area contributed by atoms with Crippen molar-refractivity contribution in [2.45, 2.75) is 13.8 Å². The second kappa shape index (κ2) is 6.13. The van der Waals surface area contributed by atoms with Gasteiger partial charge in [0.15, 0.2) is 6.61 Å². The van der Waals surface area contributed by atoms with Crippen LogP contribution in [-0.2, 0) is 9.59 Å². The molecule has 1 heterocycles. The number of nitrogens with zero attached hydrogens (tertiary/aromatic N) is 2. The van der Waals surface area contributed by atoms with Gasteiger partial charge in [-0.3, -0.25) is 14.5 Å². The van der Waals surface area contributed by atoms with Crippen molar-refractivity contribution in [1.29, 1.82) is 0 Å². The first-order valence-electron chi connectivity index (χ1n) is 6.57. The molecule has 0 fully saturated rings. The van der Waals surface area contributed by atoms with Crippen LogP contribution in [0.25, 0.3) is 0 Å². The smallest absolute Gasteiger partial charge is 0.265 e. The number of likely N-dealkylation sites (N-methyl/N-ethyl adjacent to an activating group) is 1. The number of carbonyl (C=O) groups excluding carboxylic acids is 2. The molecule has 0 N–H and O–H groups in total. The number of rotatable bonds is 4. The Hall–Kier alpha value is -1.75. The summed E-state index contributed by atoms with van der Waals surface area (Å²) < 4.78 is 5.34. The van der Waals surface area contributed by atoms with Crippen LogP contribution in [0, 0.1) is 0 Å². The highest BCUT2D eigenvalue weighted by Gasteiger charge is 2.28. The molecule has 0 radical (unpaired) electrons. The molecular weight excluding hydrogens is 280 g/mol. The minimum Gasteiger partial charge on any atom is -0.482 e. The zero-order valence-corrected chi connectivity index (χ0v) is 12.3. The molecular formula is C14H17ClN2O3. The fourth-order valence-corrected chi connectivity index (χ4v) is 2.33. The molecule has 0 bridgehead atoms. The van der Waals surface area contributed by atoms with Crippen LogP contribution in [0.3, 0.4) is 0 Å². The molecule has 1 aromatic rings. The molecule has 108 valence electrons. The van der Waals surface area contributed by atoms with Crippen molar-refractivity contribution in [2.75, 3.05) is 31.1 Å². The summed E-state index contributed by atoms with van der Waals surface area (Å²) in [6, 6.07) is 5.04. The van der Waals surface area contributed by atoms with Crippen molar-refractivity contribution in [3.63, 3.8) is 0 Å². The van der Waals surface area contributed by atoms with E-state index in [2.05, 4.69) is 0 Å². The van der Waals surface area contributed by atoms with Crippen molar-refractivity contribution < 1.29 is 14.3 Å². The summed E-state index contributed by atoms with van der Waals surface area (Å²) in [5.41, 5.74) is 0.550. The van der Waals surface area contributed by atoms with E-state index in [4.69, 9.17) is 16.3 Å². The lowest BCUT2D eigenvalue weighted by Crippen LogP contribution is -2.46. The minimum atomic E-state index is -0.236. The average Bonchev–Trinajstić information content (AvgIpc) is 2.43. The molecule has 2 rings (SSSR count). The number of hydrogen-bond donors (Lipinski definition) is 0. The first kappa shape index (κ1) is 14.7. The zero-order valence-electron chi connectivity index (χ0n) is 11.6. The molecule has 1 aliphatic heterocycles. The summed E-state index contributed by atoms with van der Waals surface area (Å²) in [5, 5.41) is 0.502. The molecule has 0 atom stereocenters. The van der Waals surface area contributed by atoms with Crippen LogP contribution in [0.1, 0.15) is 13.8 Å². The van der Waals surface area contributed by atoms with Crippen molar-refractivity contribution >= 4 is 29.1 Å². The predicted octanol–water partition coefficient (Wildman–Crippen LogP) is 1.93. The summed E-state index contributed by atoms with van der Waals surface area (Å²) in [5.74, 6) is 0.248. The van der Waals surface area contributed by atoms with Crippen LogP contribution in [-0.4, -0.2) is 43.0 Å². The second-order valence-corrected chi connectivity index (χ2v) is 4.88. The average molecular weight is 297 g/mol. The Morgan fingerprint density at radius 1 is 1.40 bits per heavy atom. The van der Waals surface area contributed by atoms with Gasteiger partial charge in [-0.05, 0) is 32.0 Å². The molecule has 0 aromatic heterocycles. The van der Waals surface area contributed by atoms with Crippen LogP contribution < -0.4 is 9.64 Å². The predicted molar refractivity (Wildman–Crippen MR) is 77.2 cm³/mol. The third kappa shape index (κ3) is 2.88. The molecule has 0 spiro atoms. The zero-order chi connectivity index (χ0) is 14.7. The van der Waals surface area contributed by atoms with Gasteiger partial charge in [-0.25, -0.2) is 0 Å². The number of carbonyl (C=O) groups is 2. The van der Waals surface area contributed by atoms with E-state index < -0.39 is 0 Å². The van der Waals surface area contributed by atoms with E-state index in [-0.39, 0.29) is 25.0 Å². The van der Waals surface area contributed by atoms with Gasteiger partial charge in [0.2, 0.25) is 5.91 Å². The van der Waals surface area contributed by atoms with Crippen LogP contribution in [0.4, 0.5) is 5.69 Å². The maximum absolute atomic E-state index is 12.2. The van der Waals surface area contributed by atoms with Crippen molar-refractivity contribution in [3.8, 4) is 5.75 Å². The fourth-order valence-electron chi connectivity index (χ4n) is 2.16. The van der Waals surface area contributed by atoms with Crippen molar-refractivity contribution in [2.24, 2.45) is 0 Å². The third-order valence-electron chi connectivity index (χ3n) is 3.27. The summed E-state index contributed by atoms with van der Waals surface area (Å²) in [4.78, 5) is 27.3. The van der Waals surface area contributed by atoms with Gasteiger partial charge in [0.25, 0.3) is 5.91 Å². The van der Waals surface area contributed by atoms with Gasteiger partial charge in [-0.1, -0.05) is 11.6 Å². The van der Waals surface area contributed by atoms with Crippen LogP contribution in [0.5, 0.6) is 5.75 Å². The van der Waals surface area contributed by atoms with E-state index in [1.165, 1.54) is 4.90 Å². The van der Waals surface area contributed by atoms with Gasteiger partial charge in [-0.2, -0.15) is 0 Å². The van der Waals surface area contributed by atoms with Gasteiger partial charge < -0.3 is 9.64 Å². The molecule has 0 saturated carbocycles. The Balaban J connectivity index is 2.25.